The maximum Gasteiger partial charge on any atom is 0.344 e. The number of urea groups is 1. The highest BCUT2D eigenvalue weighted by Gasteiger charge is 2.27. The van der Waals surface area contributed by atoms with E-state index in [1.54, 1.807) is 24.3 Å². The standard InChI is InChI=1S/C21H17ClFN3O6/c1-11-17(19(26-32-11)18-14(22)4-3-5-15(18)23)20(28)31-10-16(27)25-21(29)24-12-6-8-13(30-2)9-7-12/h3-9H,10H2,1-2H3,(H2,24,25,27,29). The number of methoxy groups -OCH3 is 1. The smallest absolute Gasteiger partial charge is 0.344 e. The van der Waals surface area contributed by atoms with Crippen molar-refractivity contribution < 1.29 is 32.8 Å². The van der Waals surface area contributed by atoms with Crippen LogP contribution in [0.5, 0.6) is 5.75 Å². The average molecular weight is 462 g/mol. The van der Waals surface area contributed by atoms with Crippen LogP contribution in [0.1, 0.15) is 16.1 Å². The van der Waals surface area contributed by atoms with Gasteiger partial charge in [-0.2, -0.15) is 0 Å². The molecule has 0 saturated heterocycles. The number of hydrogen-bond donors (Lipinski definition) is 2. The number of aryl methyl sites for hydroxylation is 1. The summed E-state index contributed by atoms with van der Waals surface area (Å²) in [5.74, 6) is -1.96. The topological polar surface area (TPSA) is 120 Å². The minimum absolute atomic E-state index is 0.0142. The highest BCUT2D eigenvalue weighted by Crippen LogP contribution is 2.33. The Balaban J connectivity index is 1.61. The molecule has 11 heteroatoms. The van der Waals surface area contributed by atoms with E-state index in [1.807, 2.05) is 5.32 Å². The molecular weight excluding hydrogens is 445 g/mol. The summed E-state index contributed by atoms with van der Waals surface area (Å²) < 4.78 is 29.2. The summed E-state index contributed by atoms with van der Waals surface area (Å²) in [4.78, 5) is 36.4. The minimum Gasteiger partial charge on any atom is -0.497 e. The van der Waals surface area contributed by atoms with Gasteiger partial charge >= 0.3 is 12.0 Å². The maximum absolute atomic E-state index is 14.2. The predicted octanol–water partition coefficient (Wildman–Crippen LogP) is 3.96. The Morgan fingerprint density at radius 3 is 2.53 bits per heavy atom. The summed E-state index contributed by atoms with van der Waals surface area (Å²) >= 11 is 6.03. The number of esters is 1. The van der Waals surface area contributed by atoms with Gasteiger partial charge in [0.2, 0.25) is 0 Å². The average Bonchev–Trinajstić information content (AvgIpc) is 3.13. The number of aromatic nitrogens is 1. The molecule has 0 atom stereocenters. The number of imide groups is 1. The first-order valence-corrected chi connectivity index (χ1v) is 9.50. The number of anilines is 1. The van der Waals surface area contributed by atoms with E-state index in [-0.39, 0.29) is 27.6 Å². The van der Waals surface area contributed by atoms with Crippen molar-refractivity contribution in [1.29, 1.82) is 0 Å². The van der Waals surface area contributed by atoms with Gasteiger partial charge in [0.15, 0.2) is 6.61 Å². The number of rotatable bonds is 6. The van der Waals surface area contributed by atoms with Crippen LogP contribution < -0.4 is 15.4 Å². The van der Waals surface area contributed by atoms with E-state index in [2.05, 4.69) is 10.5 Å². The zero-order chi connectivity index (χ0) is 23.3. The van der Waals surface area contributed by atoms with Crippen molar-refractivity contribution in [1.82, 2.24) is 10.5 Å². The van der Waals surface area contributed by atoms with Gasteiger partial charge in [0.1, 0.15) is 28.6 Å². The molecule has 0 unspecified atom stereocenters. The number of hydrogen-bond acceptors (Lipinski definition) is 7. The lowest BCUT2D eigenvalue weighted by atomic mass is 10.1. The van der Waals surface area contributed by atoms with E-state index in [0.717, 1.165) is 6.07 Å². The molecule has 1 heterocycles. The lowest BCUT2D eigenvalue weighted by molar-refractivity contribution is -0.123. The second-order valence-electron chi connectivity index (χ2n) is 6.37. The number of ether oxygens (including phenoxy) is 2. The summed E-state index contributed by atoms with van der Waals surface area (Å²) in [6, 6.07) is 9.55. The van der Waals surface area contributed by atoms with Gasteiger partial charge < -0.3 is 19.3 Å². The highest BCUT2D eigenvalue weighted by atomic mass is 35.5. The van der Waals surface area contributed by atoms with Crippen LogP contribution in [-0.2, 0) is 9.53 Å². The minimum atomic E-state index is -0.996. The highest BCUT2D eigenvalue weighted by molar-refractivity contribution is 6.33. The predicted molar refractivity (Wildman–Crippen MR) is 112 cm³/mol. The molecule has 0 spiro atoms. The van der Waals surface area contributed by atoms with Gasteiger partial charge in [-0.05, 0) is 43.3 Å². The van der Waals surface area contributed by atoms with Crippen LogP contribution in [0.3, 0.4) is 0 Å². The molecule has 9 nitrogen and oxygen atoms in total. The summed E-state index contributed by atoms with van der Waals surface area (Å²) in [5.41, 5.74) is -0.0679. The molecule has 3 amide bonds. The van der Waals surface area contributed by atoms with Gasteiger partial charge in [-0.3, -0.25) is 10.1 Å². The zero-order valence-electron chi connectivity index (χ0n) is 16.9. The Bertz CT molecular complexity index is 1140. The molecule has 0 aliphatic carbocycles. The van der Waals surface area contributed by atoms with E-state index in [4.69, 9.17) is 25.6 Å². The first-order chi connectivity index (χ1) is 15.3. The normalized spacial score (nSPS) is 10.4. The van der Waals surface area contributed by atoms with Crippen molar-refractivity contribution in [2.75, 3.05) is 19.0 Å². The molecule has 0 radical (unpaired) electrons. The van der Waals surface area contributed by atoms with E-state index in [0.29, 0.717) is 11.4 Å². The molecule has 1 aromatic heterocycles. The number of benzene rings is 2. The van der Waals surface area contributed by atoms with E-state index in [1.165, 1.54) is 26.2 Å². The third-order valence-corrected chi connectivity index (χ3v) is 4.52. The number of carbonyl (C=O) groups is 3. The molecule has 0 aliphatic heterocycles. The molecule has 2 aromatic carbocycles. The second kappa shape index (κ2) is 9.92. The maximum atomic E-state index is 14.2. The number of carbonyl (C=O) groups excluding carboxylic acids is 3. The number of halogens is 2. The van der Waals surface area contributed by atoms with Gasteiger partial charge in [0.25, 0.3) is 5.91 Å². The van der Waals surface area contributed by atoms with Crippen molar-refractivity contribution in [3.8, 4) is 17.0 Å². The molecule has 0 fully saturated rings. The fourth-order valence-corrected chi connectivity index (χ4v) is 2.96. The van der Waals surface area contributed by atoms with Crippen LogP contribution in [-0.4, -0.2) is 36.8 Å². The number of amides is 3. The Kier molecular flexibility index (Phi) is 7.06. The van der Waals surface area contributed by atoms with Crippen LogP contribution in [0.15, 0.2) is 47.0 Å². The quantitative estimate of drug-likeness (QED) is 0.533. The third-order valence-electron chi connectivity index (χ3n) is 4.20. The van der Waals surface area contributed by atoms with E-state index in [9.17, 15) is 18.8 Å². The van der Waals surface area contributed by atoms with Gasteiger partial charge in [0.05, 0.1) is 17.7 Å². The largest absolute Gasteiger partial charge is 0.497 e. The van der Waals surface area contributed by atoms with Gasteiger partial charge in [0, 0.05) is 5.69 Å². The SMILES string of the molecule is COc1ccc(NC(=O)NC(=O)COC(=O)c2c(-c3c(F)cccc3Cl)noc2C)cc1. The van der Waals surface area contributed by atoms with Gasteiger partial charge in [-0.25, -0.2) is 14.0 Å². The molecule has 3 aromatic rings. The third kappa shape index (κ3) is 5.22. The summed E-state index contributed by atoms with van der Waals surface area (Å²) in [6.45, 7) is 0.647. The molecule has 3 rings (SSSR count). The number of nitrogens with zero attached hydrogens (tertiary/aromatic N) is 1. The van der Waals surface area contributed by atoms with Crippen molar-refractivity contribution in [2.45, 2.75) is 6.92 Å². The van der Waals surface area contributed by atoms with Gasteiger partial charge in [-0.15, -0.1) is 0 Å². The summed E-state index contributed by atoms with van der Waals surface area (Å²) in [6.07, 6.45) is 0. The molecule has 0 aliphatic rings. The first kappa shape index (κ1) is 22.8. The first-order valence-electron chi connectivity index (χ1n) is 9.12. The van der Waals surface area contributed by atoms with Crippen molar-refractivity contribution in [3.63, 3.8) is 0 Å². The monoisotopic (exact) mass is 461 g/mol. The van der Waals surface area contributed by atoms with Crippen molar-refractivity contribution >= 4 is 35.2 Å². The summed E-state index contributed by atoms with van der Waals surface area (Å²) in [7, 11) is 1.50. The van der Waals surface area contributed by atoms with Crippen LogP contribution in [0.25, 0.3) is 11.3 Å². The molecule has 32 heavy (non-hydrogen) atoms. The molecule has 0 bridgehead atoms. The molecule has 166 valence electrons. The second-order valence-corrected chi connectivity index (χ2v) is 6.77. The number of nitrogens with one attached hydrogen (secondary N) is 2. The Labute approximate surface area is 186 Å². The molecule has 2 N–H and O–H groups in total. The lowest BCUT2D eigenvalue weighted by Crippen LogP contribution is -2.37. The molecular formula is C21H17ClFN3O6. The van der Waals surface area contributed by atoms with Crippen molar-refractivity contribution in [3.05, 3.63) is 64.6 Å². The Morgan fingerprint density at radius 1 is 1.16 bits per heavy atom. The van der Waals surface area contributed by atoms with Crippen molar-refractivity contribution in [2.24, 2.45) is 0 Å². The Hall–Kier alpha value is -3.92. The van der Waals surface area contributed by atoms with Crippen LogP contribution in [0.2, 0.25) is 5.02 Å². The van der Waals surface area contributed by atoms with E-state index >= 15 is 0 Å². The fourth-order valence-electron chi connectivity index (χ4n) is 2.71. The Morgan fingerprint density at radius 2 is 1.88 bits per heavy atom. The van der Waals surface area contributed by atoms with Crippen LogP contribution in [0.4, 0.5) is 14.9 Å². The fraction of sp³-hybridized carbons (Fsp3) is 0.143. The summed E-state index contributed by atoms with van der Waals surface area (Å²) in [5, 5.41) is 8.17. The van der Waals surface area contributed by atoms with Crippen LogP contribution in [0, 0.1) is 12.7 Å². The van der Waals surface area contributed by atoms with E-state index < -0.39 is 30.3 Å². The van der Waals surface area contributed by atoms with Crippen LogP contribution >= 0.6 is 11.6 Å². The van der Waals surface area contributed by atoms with Gasteiger partial charge in [-0.1, -0.05) is 22.8 Å². The zero-order valence-corrected chi connectivity index (χ0v) is 17.7. The molecule has 0 saturated carbocycles. The lowest BCUT2D eigenvalue weighted by Gasteiger charge is -2.09.